The molecule has 0 aliphatic carbocycles. The van der Waals surface area contributed by atoms with E-state index in [1.807, 2.05) is 4.90 Å². The second-order valence-corrected chi connectivity index (χ2v) is 3.59. The van der Waals surface area contributed by atoms with Crippen molar-refractivity contribution in [3.63, 3.8) is 0 Å². The predicted octanol–water partition coefficient (Wildman–Crippen LogP) is 1.81. The third-order valence-electron chi connectivity index (χ3n) is 2.11. The Morgan fingerprint density at radius 3 is 1.69 bits per heavy atom. The average molecular weight is 215 g/mol. The Morgan fingerprint density at radius 2 is 1.38 bits per heavy atom. The van der Waals surface area contributed by atoms with E-state index in [4.69, 9.17) is 0 Å². The minimum Gasteiger partial charge on any atom is -0.306 e. The SMILES string of the molecule is CC(C)N(c1cnccn1)c1cnccn1. The quantitative estimate of drug-likeness (QED) is 0.781. The third-order valence-corrected chi connectivity index (χ3v) is 2.11. The predicted molar refractivity (Wildman–Crippen MR) is 61.3 cm³/mol. The molecule has 2 aromatic heterocycles. The molecule has 2 rings (SSSR count). The fourth-order valence-electron chi connectivity index (χ4n) is 1.48. The van der Waals surface area contributed by atoms with E-state index in [2.05, 4.69) is 33.8 Å². The highest BCUT2D eigenvalue weighted by Crippen LogP contribution is 2.21. The van der Waals surface area contributed by atoms with Gasteiger partial charge in [0, 0.05) is 30.8 Å². The van der Waals surface area contributed by atoms with Crippen LogP contribution >= 0.6 is 0 Å². The lowest BCUT2D eigenvalue weighted by molar-refractivity contribution is 0.760. The van der Waals surface area contributed by atoms with Crippen LogP contribution in [0.3, 0.4) is 0 Å². The lowest BCUT2D eigenvalue weighted by atomic mass is 10.3. The molecule has 16 heavy (non-hydrogen) atoms. The average Bonchev–Trinajstić information content (AvgIpc) is 2.31. The molecule has 0 amide bonds. The summed E-state index contributed by atoms with van der Waals surface area (Å²) in [4.78, 5) is 18.7. The normalized spacial score (nSPS) is 10.4. The molecular formula is C11H13N5. The fraction of sp³-hybridized carbons (Fsp3) is 0.273. The summed E-state index contributed by atoms with van der Waals surface area (Å²) in [7, 11) is 0. The van der Waals surface area contributed by atoms with Crippen LogP contribution in [-0.2, 0) is 0 Å². The van der Waals surface area contributed by atoms with Crippen LogP contribution in [0.25, 0.3) is 0 Å². The highest BCUT2D eigenvalue weighted by molar-refractivity contribution is 5.54. The number of rotatable bonds is 3. The molecule has 0 aromatic carbocycles. The number of aromatic nitrogens is 4. The van der Waals surface area contributed by atoms with E-state index in [1.54, 1.807) is 37.2 Å². The van der Waals surface area contributed by atoms with Gasteiger partial charge in [0.15, 0.2) is 11.6 Å². The maximum atomic E-state index is 4.27. The molecule has 0 saturated heterocycles. The summed E-state index contributed by atoms with van der Waals surface area (Å²) >= 11 is 0. The van der Waals surface area contributed by atoms with E-state index in [1.165, 1.54) is 0 Å². The Hall–Kier alpha value is -2.04. The molecule has 0 aliphatic rings. The van der Waals surface area contributed by atoms with Crippen molar-refractivity contribution in [3.8, 4) is 0 Å². The first-order chi connectivity index (χ1) is 7.79. The fourth-order valence-corrected chi connectivity index (χ4v) is 1.48. The Bertz CT molecular complexity index is 389. The van der Waals surface area contributed by atoms with Gasteiger partial charge in [0.1, 0.15) is 0 Å². The number of hydrogen-bond donors (Lipinski definition) is 0. The molecule has 2 heterocycles. The highest BCUT2D eigenvalue weighted by Gasteiger charge is 2.15. The van der Waals surface area contributed by atoms with Crippen molar-refractivity contribution in [2.45, 2.75) is 19.9 Å². The van der Waals surface area contributed by atoms with Crippen molar-refractivity contribution in [1.29, 1.82) is 0 Å². The van der Waals surface area contributed by atoms with Crippen molar-refractivity contribution in [2.75, 3.05) is 4.90 Å². The smallest absolute Gasteiger partial charge is 0.152 e. The lowest BCUT2D eigenvalue weighted by Gasteiger charge is -2.25. The van der Waals surface area contributed by atoms with Gasteiger partial charge >= 0.3 is 0 Å². The number of hydrogen-bond acceptors (Lipinski definition) is 5. The largest absolute Gasteiger partial charge is 0.306 e. The van der Waals surface area contributed by atoms with Crippen LogP contribution in [0.4, 0.5) is 11.6 Å². The van der Waals surface area contributed by atoms with Gasteiger partial charge in [-0.2, -0.15) is 0 Å². The van der Waals surface area contributed by atoms with Crippen molar-refractivity contribution in [3.05, 3.63) is 37.2 Å². The molecule has 2 aromatic rings. The maximum Gasteiger partial charge on any atom is 0.152 e. The van der Waals surface area contributed by atoms with Gasteiger partial charge in [-0.25, -0.2) is 9.97 Å². The molecular weight excluding hydrogens is 202 g/mol. The highest BCUT2D eigenvalue weighted by atomic mass is 15.3. The Morgan fingerprint density at radius 1 is 0.875 bits per heavy atom. The molecule has 5 heteroatoms. The van der Waals surface area contributed by atoms with Crippen LogP contribution in [-0.4, -0.2) is 26.0 Å². The van der Waals surface area contributed by atoms with Gasteiger partial charge in [-0.15, -0.1) is 0 Å². The van der Waals surface area contributed by atoms with Gasteiger partial charge in [-0.1, -0.05) is 0 Å². The van der Waals surface area contributed by atoms with Crippen molar-refractivity contribution >= 4 is 11.6 Å². The number of nitrogens with zero attached hydrogens (tertiary/aromatic N) is 5. The lowest BCUT2D eigenvalue weighted by Crippen LogP contribution is -2.27. The van der Waals surface area contributed by atoms with Crippen LogP contribution in [0.2, 0.25) is 0 Å². The second-order valence-electron chi connectivity index (χ2n) is 3.59. The molecule has 0 aliphatic heterocycles. The van der Waals surface area contributed by atoms with Crippen LogP contribution in [0.1, 0.15) is 13.8 Å². The van der Waals surface area contributed by atoms with E-state index in [-0.39, 0.29) is 6.04 Å². The summed E-state index contributed by atoms with van der Waals surface area (Å²) in [6.45, 7) is 4.15. The minimum atomic E-state index is 0.244. The second kappa shape index (κ2) is 4.65. The molecule has 0 fully saturated rings. The zero-order valence-electron chi connectivity index (χ0n) is 9.28. The first-order valence-electron chi connectivity index (χ1n) is 5.10. The topological polar surface area (TPSA) is 54.8 Å². The first kappa shape index (κ1) is 10.5. The maximum absolute atomic E-state index is 4.27. The van der Waals surface area contributed by atoms with Crippen LogP contribution in [0, 0.1) is 0 Å². The first-order valence-corrected chi connectivity index (χ1v) is 5.10. The number of anilines is 2. The Labute approximate surface area is 94.2 Å². The molecule has 82 valence electrons. The summed E-state index contributed by atoms with van der Waals surface area (Å²) in [5.74, 6) is 1.55. The van der Waals surface area contributed by atoms with Crippen molar-refractivity contribution in [1.82, 2.24) is 19.9 Å². The van der Waals surface area contributed by atoms with E-state index < -0.39 is 0 Å². The molecule has 0 saturated carbocycles. The minimum absolute atomic E-state index is 0.244. The standard InChI is InChI=1S/C11H13N5/c1-9(2)16(10-7-12-3-5-14-10)11-8-13-4-6-15-11/h3-9H,1-2H3. The molecule has 5 nitrogen and oxygen atoms in total. The third kappa shape index (κ3) is 2.13. The summed E-state index contributed by atoms with van der Waals surface area (Å²) in [5.41, 5.74) is 0. The Kier molecular flexibility index (Phi) is 3.05. The molecule has 0 radical (unpaired) electrons. The van der Waals surface area contributed by atoms with Gasteiger partial charge in [0.25, 0.3) is 0 Å². The van der Waals surface area contributed by atoms with E-state index in [0.29, 0.717) is 0 Å². The molecule has 0 unspecified atom stereocenters. The zero-order chi connectivity index (χ0) is 11.4. The summed E-state index contributed by atoms with van der Waals surface area (Å²) < 4.78 is 0. The van der Waals surface area contributed by atoms with E-state index in [9.17, 15) is 0 Å². The van der Waals surface area contributed by atoms with E-state index >= 15 is 0 Å². The van der Waals surface area contributed by atoms with Crippen LogP contribution < -0.4 is 4.90 Å². The molecule has 0 N–H and O–H groups in total. The summed E-state index contributed by atoms with van der Waals surface area (Å²) in [6.07, 6.45) is 10.1. The van der Waals surface area contributed by atoms with Gasteiger partial charge in [-0.05, 0) is 13.8 Å². The molecule has 0 spiro atoms. The Balaban J connectivity index is 2.40. The van der Waals surface area contributed by atoms with Gasteiger partial charge < -0.3 is 4.90 Å². The molecule has 0 atom stereocenters. The summed E-state index contributed by atoms with van der Waals surface area (Å²) in [6, 6.07) is 0.244. The van der Waals surface area contributed by atoms with Gasteiger partial charge in [-0.3, -0.25) is 9.97 Å². The molecule has 0 bridgehead atoms. The van der Waals surface area contributed by atoms with Gasteiger partial charge in [0.05, 0.1) is 12.4 Å². The van der Waals surface area contributed by atoms with Crippen molar-refractivity contribution < 1.29 is 0 Å². The van der Waals surface area contributed by atoms with Gasteiger partial charge in [0.2, 0.25) is 0 Å². The van der Waals surface area contributed by atoms with E-state index in [0.717, 1.165) is 11.6 Å². The zero-order valence-corrected chi connectivity index (χ0v) is 9.28. The van der Waals surface area contributed by atoms with Crippen molar-refractivity contribution in [2.24, 2.45) is 0 Å². The van der Waals surface area contributed by atoms with Crippen LogP contribution in [0.5, 0.6) is 0 Å². The summed E-state index contributed by atoms with van der Waals surface area (Å²) in [5, 5.41) is 0. The monoisotopic (exact) mass is 215 g/mol. The van der Waals surface area contributed by atoms with Crippen LogP contribution in [0.15, 0.2) is 37.2 Å².